The molecule has 7 rings (SSSR count). The van der Waals surface area contributed by atoms with Crippen LogP contribution in [0.2, 0.25) is 0 Å². The molecule has 0 aliphatic rings. The molecule has 0 fully saturated rings. The van der Waals surface area contributed by atoms with Gasteiger partial charge in [-0.15, -0.1) is 0 Å². The molecule has 0 bridgehead atoms. The fraction of sp³-hybridized carbons (Fsp3) is 0.200. The van der Waals surface area contributed by atoms with Gasteiger partial charge in [0.25, 0.3) is 0 Å². The van der Waals surface area contributed by atoms with Crippen molar-refractivity contribution in [1.82, 2.24) is 39.5 Å². The lowest BCUT2D eigenvalue weighted by atomic mass is 10.1. The van der Waals surface area contributed by atoms with E-state index in [-0.39, 0.29) is 10.8 Å². The molecule has 4 heterocycles. The third-order valence-corrected chi connectivity index (χ3v) is 9.88. The van der Waals surface area contributed by atoms with Crippen molar-refractivity contribution in [1.29, 1.82) is 0 Å². The molecule has 3 N–H and O–H groups in total. The third-order valence-electron chi connectivity index (χ3n) is 8.83. The van der Waals surface area contributed by atoms with Crippen LogP contribution < -0.4 is 20.3 Å². The molecule has 7 aromatic rings. The number of sulfonamides is 1. The summed E-state index contributed by atoms with van der Waals surface area (Å²) in [5.41, 5.74) is 6.76. The number of nitrogens with one attached hydrogen (secondary N) is 1. The monoisotopic (exact) mass is 688 g/mol. The summed E-state index contributed by atoms with van der Waals surface area (Å²) in [7, 11) is 1.92. The molecule has 3 aromatic carbocycles. The summed E-state index contributed by atoms with van der Waals surface area (Å²) >= 11 is 0. The van der Waals surface area contributed by atoms with Crippen LogP contribution in [0, 0.1) is 20.8 Å². The second-order valence-corrected chi connectivity index (χ2v) is 13.8. The van der Waals surface area contributed by atoms with Crippen LogP contribution in [0.3, 0.4) is 0 Å². The molecule has 15 heteroatoms. The van der Waals surface area contributed by atoms with E-state index in [9.17, 15) is 8.42 Å². The Hall–Kier alpha value is -5.93. The predicted molar refractivity (Wildman–Crippen MR) is 195 cm³/mol. The van der Waals surface area contributed by atoms with E-state index in [2.05, 4.69) is 50.4 Å². The van der Waals surface area contributed by atoms with Gasteiger partial charge in [-0.05, 0) is 74.4 Å². The zero-order chi connectivity index (χ0) is 35.3. The van der Waals surface area contributed by atoms with E-state index >= 15 is 0 Å². The van der Waals surface area contributed by atoms with Gasteiger partial charge >= 0.3 is 0 Å². The van der Waals surface area contributed by atoms with Gasteiger partial charge in [0.1, 0.15) is 11.6 Å². The second-order valence-electron chi connectivity index (χ2n) is 12.3. The van der Waals surface area contributed by atoms with Crippen LogP contribution in [0.15, 0.2) is 84.0 Å². The van der Waals surface area contributed by atoms with Crippen LogP contribution >= 0.6 is 0 Å². The summed E-state index contributed by atoms with van der Waals surface area (Å²) in [6.45, 7) is 6.37. The Morgan fingerprint density at radius 1 is 0.780 bits per heavy atom. The number of hydrogen-bond acceptors (Lipinski definition) is 11. The highest BCUT2D eigenvalue weighted by atomic mass is 32.2. The molecule has 50 heavy (non-hydrogen) atoms. The smallest absolute Gasteiger partial charge is 0.238 e. The number of benzene rings is 3. The summed E-state index contributed by atoms with van der Waals surface area (Å²) in [6.07, 6.45) is 3.33. The van der Waals surface area contributed by atoms with Crippen LogP contribution in [0.25, 0.3) is 21.8 Å². The van der Waals surface area contributed by atoms with Crippen molar-refractivity contribution in [2.75, 3.05) is 22.2 Å². The summed E-state index contributed by atoms with van der Waals surface area (Å²) in [6, 6.07) is 20.8. The Bertz CT molecular complexity index is 2530. The Morgan fingerprint density at radius 3 is 2.16 bits per heavy atom. The first kappa shape index (κ1) is 32.6. The van der Waals surface area contributed by atoms with Crippen LogP contribution in [-0.4, -0.2) is 55.0 Å². The van der Waals surface area contributed by atoms with Gasteiger partial charge in [-0.25, -0.2) is 23.5 Å². The highest BCUT2D eigenvalue weighted by Crippen LogP contribution is 2.35. The van der Waals surface area contributed by atoms with E-state index in [1.807, 2.05) is 66.6 Å². The molecule has 0 amide bonds. The fourth-order valence-electron chi connectivity index (χ4n) is 5.95. The number of nitrogens with two attached hydrogens (primary N) is 1. The predicted octanol–water partition coefficient (Wildman–Crippen LogP) is 5.46. The third kappa shape index (κ3) is 6.19. The standard InChI is InChI=1S/C35H36N12O2S/c1-21-7-9-25(18-31(21)50(36,48)49)39-34-37-15-14-33(40-34)47(26-10-12-28-23(3)46(6)43-30(28)19-26)35-38-16-13-32(41-35)44(4)20-24-8-11-27-22(2)45(5)42-29(27)17-24/h7-19H,20H2,1-6H3,(H2,36,48,49)(H,37,39,40). The maximum atomic E-state index is 12.2. The maximum absolute atomic E-state index is 12.2. The van der Waals surface area contributed by atoms with E-state index in [1.54, 1.807) is 37.5 Å². The van der Waals surface area contributed by atoms with Crippen LogP contribution in [0.5, 0.6) is 0 Å². The number of fused-ring (bicyclic) bond motifs is 2. The minimum Gasteiger partial charge on any atom is -0.355 e. The molecular formula is C35H36N12O2S. The zero-order valence-corrected chi connectivity index (χ0v) is 29.3. The Kier molecular flexibility index (Phi) is 8.16. The van der Waals surface area contributed by atoms with Crippen LogP contribution in [0.4, 0.5) is 34.9 Å². The molecule has 0 spiro atoms. The molecule has 0 saturated carbocycles. The fourth-order valence-corrected chi connectivity index (χ4v) is 6.75. The molecule has 14 nitrogen and oxygen atoms in total. The van der Waals surface area contributed by atoms with Crippen molar-refractivity contribution in [3.63, 3.8) is 0 Å². The van der Waals surface area contributed by atoms with Crippen molar-refractivity contribution < 1.29 is 8.42 Å². The number of primary sulfonamides is 1. The quantitative estimate of drug-likeness (QED) is 0.198. The first-order valence-corrected chi connectivity index (χ1v) is 17.3. The summed E-state index contributed by atoms with van der Waals surface area (Å²) < 4.78 is 28.1. The van der Waals surface area contributed by atoms with Gasteiger partial charge in [0.2, 0.25) is 21.9 Å². The number of anilines is 6. The molecule has 254 valence electrons. The molecule has 0 radical (unpaired) electrons. The van der Waals surface area contributed by atoms with Crippen LogP contribution in [0.1, 0.15) is 22.5 Å². The summed E-state index contributed by atoms with van der Waals surface area (Å²) in [5, 5.41) is 20.1. The maximum Gasteiger partial charge on any atom is 0.238 e. The van der Waals surface area contributed by atoms with E-state index in [0.717, 1.165) is 44.4 Å². The SMILES string of the molecule is Cc1ccc(Nc2nccc(N(c3ccc4c(C)n(C)nc4c3)c3nccc(N(C)Cc4ccc5c(C)n(C)nc5c4)n3)n2)cc1S(N)(=O)=O. The minimum absolute atomic E-state index is 0.0173. The first-order valence-electron chi connectivity index (χ1n) is 15.8. The minimum atomic E-state index is -3.92. The van der Waals surface area contributed by atoms with Gasteiger partial charge < -0.3 is 10.2 Å². The van der Waals surface area contributed by atoms with Gasteiger partial charge in [-0.1, -0.05) is 18.2 Å². The lowest BCUT2D eigenvalue weighted by Crippen LogP contribution is -2.20. The Labute approximate surface area is 289 Å². The average Bonchev–Trinajstić information content (AvgIpc) is 3.53. The van der Waals surface area contributed by atoms with E-state index in [4.69, 9.17) is 20.2 Å². The van der Waals surface area contributed by atoms with Crippen molar-refractivity contribution in [2.45, 2.75) is 32.2 Å². The highest BCUT2D eigenvalue weighted by Gasteiger charge is 2.21. The zero-order valence-electron chi connectivity index (χ0n) is 28.5. The van der Waals surface area contributed by atoms with Crippen molar-refractivity contribution >= 4 is 66.7 Å². The van der Waals surface area contributed by atoms with E-state index in [1.165, 1.54) is 6.07 Å². The van der Waals surface area contributed by atoms with Gasteiger partial charge in [0.15, 0.2) is 0 Å². The molecule has 0 atom stereocenters. The largest absolute Gasteiger partial charge is 0.355 e. The van der Waals surface area contributed by atoms with Crippen LogP contribution in [-0.2, 0) is 30.7 Å². The van der Waals surface area contributed by atoms with Gasteiger partial charge in [-0.3, -0.25) is 14.3 Å². The Balaban J connectivity index is 1.26. The normalized spacial score (nSPS) is 11.7. The average molecular weight is 689 g/mol. The molecule has 0 aliphatic heterocycles. The van der Waals surface area contributed by atoms with Gasteiger partial charge in [0.05, 0.1) is 21.6 Å². The molecule has 0 unspecified atom stereocenters. The lowest BCUT2D eigenvalue weighted by molar-refractivity contribution is 0.597. The van der Waals surface area contributed by atoms with Crippen molar-refractivity contribution in [2.24, 2.45) is 19.2 Å². The van der Waals surface area contributed by atoms with E-state index in [0.29, 0.717) is 35.4 Å². The number of hydrogen-bond donors (Lipinski definition) is 2. The highest BCUT2D eigenvalue weighted by molar-refractivity contribution is 7.89. The number of aryl methyl sites for hydroxylation is 5. The lowest BCUT2D eigenvalue weighted by Gasteiger charge is -2.24. The van der Waals surface area contributed by atoms with Crippen molar-refractivity contribution in [3.05, 3.63) is 102 Å². The molecule has 0 saturated heterocycles. The van der Waals surface area contributed by atoms with Crippen molar-refractivity contribution in [3.8, 4) is 0 Å². The Morgan fingerprint density at radius 2 is 1.44 bits per heavy atom. The summed E-state index contributed by atoms with van der Waals surface area (Å²) in [5.74, 6) is 1.80. The van der Waals surface area contributed by atoms with E-state index < -0.39 is 10.0 Å². The first-order chi connectivity index (χ1) is 23.9. The van der Waals surface area contributed by atoms with Gasteiger partial charge in [0, 0.05) is 74.0 Å². The number of nitrogens with zero attached hydrogens (tertiary/aromatic N) is 10. The van der Waals surface area contributed by atoms with Gasteiger partial charge in [-0.2, -0.15) is 20.2 Å². The summed E-state index contributed by atoms with van der Waals surface area (Å²) in [4.78, 5) is 22.8. The number of aromatic nitrogens is 8. The molecule has 0 aliphatic carbocycles. The second kappa shape index (κ2) is 12.5. The molecular weight excluding hydrogens is 653 g/mol. The number of rotatable bonds is 9. The topological polar surface area (TPSA) is 166 Å². The molecule has 4 aromatic heterocycles.